The molecule has 1 aromatic heterocycles. The molecule has 5 rings (SSSR count). The first-order valence-electron chi connectivity index (χ1n) is 12.8. The van der Waals surface area contributed by atoms with Gasteiger partial charge in [-0.15, -0.1) is 0 Å². The maximum Gasteiger partial charge on any atom is 0.265 e. The average molecular weight is 651 g/mol. The van der Waals surface area contributed by atoms with E-state index in [0.29, 0.717) is 18.1 Å². The first-order valence-corrected chi connectivity index (χ1v) is 18.0. The first kappa shape index (κ1) is 30.0. The van der Waals surface area contributed by atoms with Gasteiger partial charge < -0.3 is 9.45 Å². The molecule has 1 aliphatic heterocycles. The number of hydrogen-bond donors (Lipinski definition) is 1. The SMILES string of the molecule is CC(=C/c1sc2ccc3ccccc3c2[n+]1CCCS(=O)(=O)O)/C=C1/Sc2ccc(Cl)cc2N1CCCS(=O)(=O)[O-]. The standard InChI is InChI=1S/C28H27ClN2O6S4/c1-19(16-26-30(12-4-14-40(32,33)34)23-18-21(29)9-11-24(23)38-26)17-27-31(13-5-15-41(35,36)37)28-22-7-3-2-6-20(22)8-10-25(28)39-27/h2-3,6-11,16-18H,4-5,12-15H2,1H3,(H-,32,33,34,35,36,37). The normalized spacial score (nSPS) is 15.4. The second kappa shape index (κ2) is 12.0. The number of nitrogens with zero attached hydrogens (tertiary/aromatic N) is 2. The molecule has 0 fully saturated rings. The van der Waals surface area contributed by atoms with Crippen molar-refractivity contribution in [3.63, 3.8) is 0 Å². The van der Waals surface area contributed by atoms with E-state index in [1.54, 1.807) is 17.4 Å². The lowest BCUT2D eigenvalue weighted by molar-refractivity contribution is -0.667. The lowest BCUT2D eigenvalue weighted by atomic mass is 10.1. The number of fused-ring (bicyclic) bond motifs is 4. The summed E-state index contributed by atoms with van der Waals surface area (Å²) in [5.74, 6) is -0.786. The predicted octanol–water partition coefficient (Wildman–Crippen LogP) is 6.07. The van der Waals surface area contributed by atoms with Crippen molar-refractivity contribution in [3.05, 3.63) is 81.3 Å². The van der Waals surface area contributed by atoms with Gasteiger partial charge in [-0.25, -0.2) is 8.42 Å². The van der Waals surface area contributed by atoms with E-state index < -0.39 is 26.0 Å². The van der Waals surface area contributed by atoms with Crippen LogP contribution in [0.3, 0.4) is 0 Å². The maximum absolute atomic E-state index is 11.4. The first-order chi connectivity index (χ1) is 19.4. The summed E-state index contributed by atoms with van der Waals surface area (Å²) in [5.41, 5.74) is 2.79. The summed E-state index contributed by atoms with van der Waals surface area (Å²) in [6.45, 7) is 2.71. The number of aromatic nitrogens is 1. The van der Waals surface area contributed by atoms with E-state index >= 15 is 0 Å². The Labute approximate surface area is 252 Å². The molecule has 1 aliphatic rings. The number of anilines is 1. The predicted molar refractivity (Wildman–Crippen MR) is 166 cm³/mol. The van der Waals surface area contributed by atoms with Crippen molar-refractivity contribution in [1.82, 2.24) is 0 Å². The smallest absolute Gasteiger partial charge is 0.265 e. The highest BCUT2D eigenvalue weighted by atomic mass is 35.5. The Morgan fingerprint density at radius 1 is 1.07 bits per heavy atom. The molecule has 0 atom stereocenters. The number of allylic oxidation sites excluding steroid dienone is 2. The third-order valence-electron chi connectivity index (χ3n) is 6.57. The van der Waals surface area contributed by atoms with Crippen LogP contribution < -0.4 is 9.47 Å². The minimum atomic E-state index is -4.33. The van der Waals surface area contributed by atoms with Crippen LogP contribution in [0, 0.1) is 0 Å². The Kier molecular flexibility index (Phi) is 8.82. The molecule has 0 amide bonds. The summed E-state index contributed by atoms with van der Waals surface area (Å²) in [6.07, 6.45) is 4.48. The lowest BCUT2D eigenvalue weighted by Crippen LogP contribution is -2.36. The molecule has 1 N–H and O–H groups in total. The van der Waals surface area contributed by atoms with Gasteiger partial charge in [-0.1, -0.05) is 59.0 Å². The largest absolute Gasteiger partial charge is 0.748 e. The molecule has 0 saturated carbocycles. The Morgan fingerprint density at radius 3 is 2.61 bits per heavy atom. The molecule has 2 heterocycles. The Morgan fingerprint density at radius 2 is 1.85 bits per heavy atom. The van der Waals surface area contributed by atoms with Gasteiger partial charge in [-0.2, -0.15) is 13.0 Å². The summed E-state index contributed by atoms with van der Waals surface area (Å²) in [6, 6.07) is 17.7. The molecule has 3 aromatic carbocycles. The van der Waals surface area contributed by atoms with Crippen molar-refractivity contribution in [2.45, 2.75) is 31.2 Å². The number of thioether (sulfide) groups is 1. The van der Waals surface area contributed by atoms with Gasteiger partial charge in [-0.05, 0) is 60.7 Å². The molecule has 13 heteroatoms. The Bertz CT molecular complexity index is 1920. The quantitative estimate of drug-likeness (QED) is 0.162. The zero-order valence-electron chi connectivity index (χ0n) is 22.0. The number of thiazole rings is 1. The molecule has 41 heavy (non-hydrogen) atoms. The van der Waals surface area contributed by atoms with Gasteiger partial charge in [0, 0.05) is 34.7 Å². The summed E-state index contributed by atoms with van der Waals surface area (Å²) in [7, 11) is -8.41. The fourth-order valence-electron chi connectivity index (χ4n) is 4.85. The molecule has 0 saturated heterocycles. The van der Waals surface area contributed by atoms with E-state index in [1.807, 2.05) is 60.4 Å². The van der Waals surface area contributed by atoms with Gasteiger partial charge in [0.2, 0.25) is 5.52 Å². The number of hydrogen-bond acceptors (Lipinski definition) is 8. The number of halogens is 1. The van der Waals surface area contributed by atoms with E-state index in [1.165, 1.54) is 11.8 Å². The average Bonchev–Trinajstić information content (AvgIpc) is 3.40. The van der Waals surface area contributed by atoms with Crippen molar-refractivity contribution >= 4 is 87.7 Å². The summed E-state index contributed by atoms with van der Waals surface area (Å²) >= 11 is 9.39. The van der Waals surface area contributed by atoms with Gasteiger partial charge in [0.05, 0.1) is 32.0 Å². The van der Waals surface area contributed by atoms with Crippen LogP contribution in [0.4, 0.5) is 5.69 Å². The molecular formula is C28H27ClN2O6S4. The second-order valence-corrected chi connectivity index (χ2v) is 15.4. The highest BCUT2D eigenvalue weighted by molar-refractivity contribution is 8.03. The molecule has 8 nitrogen and oxygen atoms in total. The molecule has 0 aliphatic carbocycles. The third-order valence-corrected chi connectivity index (χ3v) is 10.6. The Balaban J connectivity index is 1.53. The van der Waals surface area contributed by atoms with Crippen LogP contribution >= 0.6 is 34.7 Å². The van der Waals surface area contributed by atoms with Crippen molar-refractivity contribution in [2.75, 3.05) is 23.0 Å². The summed E-state index contributed by atoms with van der Waals surface area (Å²) in [5, 5.41) is 4.49. The van der Waals surface area contributed by atoms with Crippen LogP contribution in [0.5, 0.6) is 0 Å². The fourth-order valence-corrected chi connectivity index (χ4v) is 8.39. The topological polar surface area (TPSA) is 119 Å². The van der Waals surface area contributed by atoms with Crippen molar-refractivity contribution in [2.24, 2.45) is 0 Å². The van der Waals surface area contributed by atoms with Gasteiger partial charge in [0.25, 0.3) is 15.1 Å². The van der Waals surface area contributed by atoms with Crippen LogP contribution in [0.1, 0.15) is 24.8 Å². The minimum Gasteiger partial charge on any atom is -0.748 e. The van der Waals surface area contributed by atoms with Crippen LogP contribution in [-0.4, -0.2) is 44.0 Å². The number of rotatable bonds is 10. The Hall–Kier alpha value is -2.45. The van der Waals surface area contributed by atoms with Gasteiger partial charge in [0.15, 0.2) is 6.54 Å². The molecule has 0 unspecified atom stereocenters. The van der Waals surface area contributed by atoms with Crippen LogP contribution in [0.2, 0.25) is 5.02 Å². The van der Waals surface area contributed by atoms with E-state index in [-0.39, 0.29) is 18.6 Å². The van der Waals surface area contributed by atoms with E-state index in [0.717, 1.165) is 47.2 Å². The number of aryl methyl sites for hydroxylation is 1. The molecule has 0 spiro atoms. The monoisotopic (exact) mass is 650 g/mol. The minimum absolute atomic E-state index is 0.176. The van der Waals surface area contributed by atoms with E-state index in [2.05, 4.69) is 16.7 Å². The van der Waals surface area contributed by atoms with Crippen LogP contribution in [0.15, 0.2) is 76.2 Å². The molecular weight excluding hydrogens is 624 g/mol. The molecule has 216 valence electrons. The summed E-state index contributed by atoms with van der Waals surface area (Å²) in [4.78, 5) is 2.96. The highest BCUT2D eigenvalue weighted by Crippen LogP contribution is 2.47. The molecule has 4 aromatic rings. The van der Waals surface area contributed by atoms with Crippen molar-refractivity contribution < 1.29 is 30.5 Å². The fraction of sp³-hybridized carbons (Fsp3) is 0.250. The van der Waals surface area contributed by atoms with Gasteiger partial charge >= 0.3 is 0 Å². The number of benzene rings is 3. The van der Waals surface area contributed by atoms with Crippen LogP contribution in [-0.2, 0) is 26.8 Å². The third kappa shape index (κ3) is 7.31. The second-order valence-electron chi connectivity index (χ2n) is 9.72. The van der Waals surface area contributed by atoms with Gasteiger partial charge in [0.1, 0.15) is 4.70 Å². The zero-order chi connectivity index (χ0) is 29.4. The molecule has 0 bridgehead atoms. The van der Waals surface area contributed by atoms with E-state index in [9.17, 15) is 25.9 Å². The lowest BCUT2D eigenvalue weighted by Gasteiger charge is -2.21. The zero-order valence-corrected chi connectivity index (χ0v) is 26.0. The maximum atomic E-state index is 11.4. The van der Waals surface area contributed by atoms with E-state index in [4.69, 9.17) is 11.6 Å². The van der Waals surface area contributed by atoms with Crippen molar-refractivity contribution in [3.8, 4) is 0 Å². The highest BCUT2D eigenvalue weighted by Gasteiger charge is 2.26. The van der Waals surface area contributed by atoms with Gasteiger partial charge in [-0.3, -0.25) is 4.55 Å². The van der Waals surface area contributed by atoms with Crippen molar-refractivity contribution in [1.29, 1.82) is 0 Å². The molecule has 0 radical (unpaired) electrons. The summed E-state index contributed by atoms with van der Waals surface area (Å²) < 4.78 is 69.0. The van der Waals surface area contributed by atoms with Crippen LogP contribution in [0.25, 0.3) is 27.1 Å².